The highest BCUT2D eigenvalue weighted by molar-refractivity contribution is 5.53. The van der Waals surface area contributed by atoms with Crippen molar-refractivity contribution in [1.82, 2.24) is 0 Å². The fraction of sp³-hybridized carbons (Fsp3) is 0.368. The predicted octanol–water partition coefficient (Wildman–Crippen LogP) is 4.55. The highest BCUT2D eigenvalue weighted by atomic mass is 16.5. The highest BCUT2D eigenvalue weighted by Crippen LogP contribution is 2.23. The Bertz CT molecular complexity index is 591. The normalized spacial score (nSPS) is 10.7. The molecule has 22 heavy (non-hydrogen) atoms. The number of ether oxygens (including phenoxy) is 2. The van der Waals surface area contributed by atoms with Gasteiger partial charge in [-0.15, -0.1) is 0 Å². The van der Waals surface area contributed by atoms with E-state index in [1.165, 1.54) is 5.56 Å². The van der Waals surface area contributed by atoms with Crippen LogP contribution in [-0.2, 0) is 0 Å². The quantitative estimate of drug-likeness (QED) is 0.602. The zero-order valence-corrected chi connectivity index (χ0v) is 13.6. The van der Waals surface area contributed by atoms with Crippen LogP contribution in [0.5, 0.6) is 11.5 Å². The van der Waals surface area contributed by atoms with Crippen molar-refractivity contribution in [2.24, 2.45) is 0 Å². The third kappa shape index (κ3) is 4.42. The number of nitrogens with two attached hydrogens (primary N) is 1. The molecule has 118 valence electrons. The molecule has 0 aliphatic rings. The maximum absolute atomic E-state index is 5.86. The zero-order valence-electron chi connectivity index (χ0n) is 13.6. The second kappa shape index (κ2) is 7.74. The summed E-state index contributed by atoms with van der Waals surface area (Å²) in [6, 6.07) is 14.0. The Kier molecular flexibility index (Phi) is 5.70. The summed E-state index contributed by atoms with van der Waals surface area (Å²) in [6.45, 7) is 7.60. The van der Waals surface area contributed by atoms with Crippen molar-refractivity contribution in [2.45, 2.75) is 33.1 Å². The lowest BCUT2D eigenvalue weighted by Gasteiger charge is -2.11. The van der Waals surface area contributed by atoms with E-state index in [9.17, 15) is 0 Å². The number of anilines is 1. The standard InChI is InChI=1S/C19H25NO2/c1-14(2)16-8-10-17(11-9-16)21-12-5-13-22-19-7-4-6-18(20)15(19)3/h4,6-11,14H,5,12-13,20H2,1-3H3. The van der Waals surface area contributed by atoms with E-state index in [0.29, 0.717) is 19.1 Å². The van der Waals surface area contributed by atoms with E-state index < -0.39 is 0 Å². The molecule has 0 aliphatic heterocycles. The molecule has 0 amide bonds. The fourth-order valence-corrected chi connectivity index (χ4v) is 2.17. The molecule has 2 N–H and O–H groups in total. The van der Waals surface area contributed by atoms with Crippen LogP contribution in [-0.4, -0.2) is 13.2 Å². The first-order valence-electron chi connectivity index (χ1n) is 7.78. The minimum absolute atomic E-state index is 0.545. The van der Waals surface area contributed by atoms with Gasteiger partial charge in [-0.1, -0.05) is 32.0 Å². The fourth-order valence-electron chi connectivity index (χ4n) is 2.17. The van der Waals surface area contributed by atoms with Crippen LogP contribution in [0.3, 0.4) is 0 Å². The number of nitrogen functional groups attached to an aromatic ring is 1. The first kappa shape index (κ1) is 16.2. The molecular weight excluding hydrogens is 274 g/mol. The molecule has 0 unspecified atom stereocenters. The van der Waals surface area contributed by atoms with E-state index in [1.54, 1.807) is 0 Å². The van der Waals surface area contributed by atoms with Crippen molar-refractivity contribution in [3.8, 4) is 11.5 Å². The summed E-state index contributed by atoms with van der Waals surface area (Å²) in [5.74, 6) is 2.30. The number of hydrogen-bond donors (Lipinski definition) is 1. The van der Waals surface area contributed by atoms with Gasteiger partial charge in [0.25, 0.3) is 0 Å². The van der Waals surface area contributed by atoms with Crippen LogP contribution in [0.15, 0.2) is 42.5 Å². The smallest absolute Gasteiger partial charge is 0.124 e. The van der Waals surface area contributed by atoms with Crippen LogP contribution in [0.1, 0.15) is 37.3 Å². The van der Waals surface area contributed by atoms with Gasteiger partial charge < -0.3 is 15.2 Å². The number of rotatable bonds is 7. The van der Waals surface area contributed by atoms with Crippen molar-refractivity contribution in [3.63, 3.8) is 0 Å². The van der Waals surface area contributed by atoms with Crippen LogP contribution < -0.4 is 15.2 Å². The summed E-state index contributed by atoms with van der Waals surface area (Å²) in [6.07, 6.45) is 0.834. The molecule has 2 aromatic rings. The predicted molar refractivity (Wildman–Crippen MR) is 91.7 cm³/mol. The van der Waals surface area contributed by atoms with Crippen molar-refractivity contribution < 1.29 is 9.47 Å². The molecule has 0 fully saturated rings. The SMILES string of the molecule is Cc1c(N)cccc1OCCCOc1ccc(C(C)C)cc1. The first-order chi connectivity index (χ1) is 10.6. The van der Waals surface area contributed by atoms with Gasteiger partial charge in [0.05, 0.1) is 13.2 Å². The molecule has 0 bridgehead atoms. The Morgan fingerprint density at radius 1 is 0.955 bits per heavy atom. The van der Waals surface area contributed by atoms with Crippen molar-refractivity contribution in [1.29, 1.82) is 0 Å². The van der Waals surface area contributed by atoms with Crippen LogP contribution in [0, 0.1) is 6.92 Å². The third-order valence-electron chi connectivity index (χ3n) is 3.69. The molecule has 0 aromatic heterocycles. The minimum Gasteiger partial charge on any atom is -0.493 e. The summed E-state index contributed by atoms with van der Waals surface area (Å²) in [4.78, 5) is 0. The van der Waals surface area contributed by atoms with Gasteiger partial charge in [0.1, 0.15) is 11.5 Å². The second-order valence-electron chi connectivity index (χ2n) is 5.74. The molecule has 0 atom stereocenters. The van der Waals surface area contributed by atoms with Gasteiger partial charge in [-0.05, 0) is 42.7 Å². The van der Waals surface area contributed by atoms with Crippen LogP contribution in [0.25, 0.3) is 0 Å². The van der Waals surface area contributed by atoms with Gasteiger partial charge in [-0.25, -0.2) is 0 Å². The lowest BCUT2D eigenvalue weighted by Crippen LogP contribution is -2.06. The van der Waals surface area contributed by atoms with Gasteiger partial charge >= 0.3 is 0 Å². The highest BCUT2D eigenvalue weighted by Gasteiger charge is 2.02. The van der Waals surface area contributed by atoms with Crippen molar-refractivity contribution >= 4 is 5.69 Å². The molecule has 0 heterocycles. The van der Waals surface area contributed by atoms with Crippen LogP contribution in [0.4, 0.5) is 5.69 Å². The molecule has 0 saturated heterocycles. The van der Waals surface area contributed by atoms with Crippen molar-refractivity contribution in [3.05, 3.63) is 53.6 Å². The van der Waals surface area contributed by atoms with Gasteiger partial charge in [0.2, 0.25) is 0 Å². The minimum atomic E-state index is 0.545. The zero-order chi connectivity index (χ0) is 15.9. The lowest BCUT2D eigenvalue weighted by molar-refractivity contribution is 0.246. The van der Waals surface area contributed by atoms with Gasteiger partial charge in [-0.2, -0.15) is 0 Å². The largest absolute Gasteiger partial charge is 0.493 e. The Balaban J connectivity index is 1.72. The average Bonchev–Trinajstić information content (AvgIpc) is 2.51. The topological polar surface area (TPSA) is 44.5 Å². The molecule has 2 rings (SSSR count). The molecule has 0 saturated carbocycles. The maximum atomic E-state index is 5.86. The average molecular weight is 299 g/mol. The molecule has 0 radical (unpaired) electrons. The third-order valence-corrected chi connectivity index (χ3v) is 3.69. The van der Waals surface area contributed by atoms with E-state index in [0.717, 1.165) is 29.2 Å². The first-order valence-corrected chi connectivity index (χ1v) is 7.78. The van der Waals surface area contributed by atoms with Crippen LogP contribution in [0.2, 0.25) is 0 Å². The summed E-state index contributed by atoms with van der Waals surface area (Å²) >= 11 is 0. The molecule has 3 heteroatoms. The van der Waals surface area contributed by atoms with Gasteiger partial charge in [-0.3, -0.25) is 0 Å². The number of benzene rings is 2. The van der Waals surface area contributed by atoms with Crippen molar-refractivity contribution in [2.75, 3.05) is 18.9 Å². The lowest BCUT2D eigenvalue weighted by atomic mass is 10.0. The monoisotopic (exact) mass is 299 g/mol. The Hall–Kier alpha value is -2.16. The summed E-state index contributed by atoms with van der Waals surface area (Å²) < 4.78 is 11.5. The summed E-state index contributed by atoms with van der Waals surface area (Å²) in [5.41, 5.74) is 8.94. The van der Waals surface area contributed by atoms with E-state index >= 15 is 0 Å². The van der Waals surface area contributed by atoms with E-state index in [-0.39, 0.29) is 0 Å². The van der Waals surface area contributed by atoms with E-state index in [1.807, 2.05) is 37.3 Å². The van der Waals surface area contributed by atoms with E-state index in [4.69, 9.17) is 15.2 Å². The summed E-state index contributed by atoms with van der Waals surface area (Å²) in [7, 11) is 0. The molecule has 3 nitrogen and oxygen atoms in total. The van der Waals surface area contributed by atoms with Gasteiger partial charge in [0, 0.05) is 17.7 Å². The second-order valence-corrected chi connectivity index (χ2v) is 5.74. The maximum Gasteiger partial charge on any atom is 0.124 e. The molecular formula is C19H25NO2. The summed E-state index contributed by atoms with van der Waals surface area (Å²) in [5, 5.41) is 0. The molecule has 0 spiro atoms. The van der Waals surface area contributed by atoms with E-state index in [2.05, 4.69) is 26.0 Å². The Morgan fingerprint density at radius 3 is 2.32 bits per heavy atom. The molecule has 0 aliphatic carbocycles. The Morgan fingerprint density at radius 2 is 1.64 bits per heavy atom. The van der Waals surface area contributed by atoms with Gasteiger partial charge in [0.15, 0.2) is 0 Å². The number of hydrogen-bond acceptors (Lipinski definition) is 3. The Labute approximate surface area is 133 Å². The van der Waals surface area contributed by atoms with Crippen LogP contribution >= 0.6 is 0 Å². The molecule has 2 aromatic carbocycles.